The van der Waals surface area contributed by atoms with Gasteiger partial charge in [0.05, 0.1) is 11.4 Å². The van der Waals surface area contributed by atoms with Crippen LogP contribution < -0.4 is 0 Å². The molecule has 24 heavy (non-hydrogen) atoms. The highest BCUT2D eigenvalue weighted by Gasteiger charge is 2.14. The first-order valence-corrected chi connectivity index (χ1v) is 8.65. The van der Waals surface area contributed by atoms with E-state index in [1.54, 1.807) is 11.8 Å². The summed E-state index contributed by atoms with van der Waals surface area (Å²) in [6.07, 6.45) is 0. The van der Waals surface area contributed by atoms with Crippen molar-refractivity contribution in [3.05, 3.63) is 91.0 Å². The zero-order valence-corrected chi connectivity index (χ0v) is 13.8. The normalized spacial score (nSPS) is 10.7. The number of nitrogens with zero attached hydrogens (tertiary/aromatic N) is 1. The number of aromatic nitrogens is 2. The molecule has 0 saturated carbocycles. The lowest BCUT2D eigenvalue weighted by atomic mass is 10.1. The quantitative estimate of drug-likeness (QED) is 0.505. The standard InChI is InChI=1S/C21H16N2S/c1-4-10-16(11-5-1)19-20(17-12-6-2-7-13-17)23-21(22-19)24-18-14-8-3-9-15-18/h1-15H,(H,22,23). The van der Waals surface area contributed by atoms with E-state index in [4.69, 9.17) is 4.98 Å². The molecule has 0 saturated heterocycles. The van der Waals surface area contributed by atoms with Crippen LogP contribution in [-0.2, 0) is 0 Å². The Hall–Kier alpha value is -2.78. The zero-order chi connectivity index (χ0) is 16.2. The van der Waals surface area contributed by atoms with Gasteiger partial charge in [0.25, 0.3) is 0 Å². The molecule has 4 rings (SSSR count). The molecule has 0 unspecified atom stereocenters. The minimum absolute atomic E-state index is 0.902. The van der Waals surface area contributed by atoms with E-state index in [2.05, 4.69) is 53.5 Å². The molecule has 0 radical (unpaired) electrons. The molecule has 0 aliphatic heterocycles. The second-order valence-electron chi connectivity index (χ2n) is 5.41. The molecule has 0 spiro atoms. The molecule has 0 aliphatic rings. The maximum absolute atomic E-state index is 4.86. The van der Waals surface area contributed by atoms with Gasteiger partial charge in [-0.05, 0) is 12.1 Å². The smallest absolute Gasteiger partial charge is 0.171 e. The summed E-state index contributed by atoms with van der Waals surface area (Å²) in [5.74, 6) is 0. The number of hydrogen-bond donors (Lipinski definition) is 1. The first-order chi connectivity index (χ1) is 11.9. The maximum atomic E-state index is 4.86. The second kappa shape index (κ2) is 6.77. The van der Waals surface area contributed by atoms with E-state index in [0.29, 0.717) is 0 Å². The van der Waals surface area contributed by atoms with Gasteiger partial charge in [-0.15, -0.1) is 0 Å². The van der Waals surface area contributed by atoms with Gasteiger partial charge in [0, 0.05) is 16.0 Å². The van der Waals surface area contributed by atoms with E-state index in [1.165, 1.54) is 4.90 Å². The number of nitrogens with one attached hydrogen (secondary N) is 1. The Kier molecular flexibility index (Phi) is 4.17. The fraction of sp³-hybridized carbons (Fsp3) is 0. The van der Waals surface area contributed by atoms with Crippen LogP contribution >= 0.6 is 11.8 Å². The molecule has 0 aliphatic carbocycles. The van der Waals surface area contributed by atoms with Gasteiger partial charge >= 0.3 is 0 Å². The highest BCUT2D eigenvalue weighted by molar-refractivity contribution is 7.99. The van der Waals surface area contributed by atoms with Crippen molar-refractivity contribution in [1.82, 2.24) is 9.97 Å². The molecule has 0 bridgehead atoms. The summed E-state index contributed by atoms with van der Waals surface area (Å²) in [6.45, 7) is 0. The Morgan fingerprint density at radius 2 is 1.17 bits per heavy atom. The molecule has 1 heterocycles. The molecule has 3 heteroatoms. The summed E-state index contributed by atoms with van der Waals surface area (Å²) >= 11 is 1.65. The molecular weight excluding hydrogens is 312 g/mol. The van der Waals surface area contributed by atoms with Crippen LogP contribution in [0.1, 0.15) is 0 Å². The van der Waals surface area contributed by atoms with Crippen LogP contribution in [0.2, 0.25) is 0 Å². The van der Waals surface area contributed by atoms with Crippen LogP contribution in [-0.4, -0.2) is 9.97 Å². The molecule has 0 amide bonds. The van der Waals surface area contributed by atoms with Crippen molar-refractivity contribution in [3.63, 3.8) is 0 Å². The van der Waals surface area contributed by atoms with Crippen LogP contribution in [0, 0.1) is 0 Å². The summed E-state index contributed by atoms with van der Waals surface area (Å²) < 4.78 is 0. The third-order valence-corrected chi connectivity index (χ3v) is 4.64. The fourth-order valence-corrected chi connectivity index (χ4v) is 3.43. The number of rotatable bonds is 4. The minimum Gasteiger partial charge on any atom is -0.332 e. The lowest BCUT2D eigenvalue weighted by molar-refractivity contribution is 1.06. The first kappa shape index (κ1) is 14.8. The fourth-order valence-electron chi connectivity index (χ4n) is 2.62. The largest absolute Gasteiger partial charge is 0.332 e. The lowest BCUT2D eigenvalue weighted by Gasteiger charge is -2.02. The average molecular weight is 328 g/mol. The minimum atomic E-state index is 0.902. The van der Waals surface area contributed by atoms with E-state index in [1.807, 2.05) is 42.5 Å². The van der Waals surface area contributed by atoms with Gasteiger partial charge in [-0.1, -0.05) is 90.6 Å². The lowest BCUT2D eigenvalue weighted by Crippen LogP contribution is -1.82. The topological polar surface area (TPSA) is 28.7 Å². The SMILES string of the molecule is c1ccc(Sc2nc(-c3ccccc3)c(-c3ccccc3)[nH]2)cc1. The van der Waals surface area contributed by atoms with Crippen LogP contribution in [0.25, 0.3) is 22.5 Å². The van der Waals surface area contributed by atoms with Crippen molar-refractivity contribution in [1.29, 1.82) is 0 Å². The summed E-state index contributed by atoms with van der Waals surface area (Å²) in [5.41, 5.74) is 4.30. The molecule has 0 fully saturated rings. The predicted octanol–water partition coefficient (Wildman–Crippen LogP) is 5.89. The van der Waals surface area contributed by atoms with Crippen LogP contribution in [0.3, 0.4) is 0 Å². The van der Waals surface area contributed by atoms with E-state index >= 15 is 0 Å². The van der Waals surface area contributed by atoms with Crippen LogP contribution in [0.15, 0.2) is 101 Å². The van der Waals surface area contributed by atoms with E-state index in [0.717, 1.165) is 27.7 Å². The van der Waals surface area contributed by atoms with Gasteiger partial charge in [0.15, 0.2) is 5.16 Å². The van der Waals surface area contributed by atoms with Crippen molar-refractivity contribution in [2.45, 2.75) is 10.1 Å². The Bertz CT molecular complexity index is 859. The van der Waals surface area contributed by atoms with Crippen molar-refractivity contribution in [2.75, 3.05) is 0 Å². The number of hydrogen-bond acceptors (Lipinski definition) is 2. The molecule has 2 nitrogen and oxygen atoms in total. The summed E-state index contributed by atoms with van der Waals surface area (Å²) in [4.78, 5) is 9.53. The summed E-state index contributed by atoms with van der Waals surface area (Å²) in [7, 11) is 0. The van der Waals surface area contributed by atoms with Gasteiger partial charge in [-0.25, -0.2) is 4.98 Å². The molecular formula is C21H16N2S. The number of imidazole rings is 1. The maximum Gasteiger partial charge on any atom is 0.171 e. The molecule has 1 N–H and O–H groups in total. The van der Waals surface area contributed by atoms with Gasteiger partial charge in [-0.2, -0.15) is 0 Å². The third kappa shape index (κ3) is 3.12. The van der Waals surface area contributed by atoms with Gasteiger partial charge < -0.3 is 4.98 Å². The number of benzene rings is 3. The predicted molar refractivity (Wildman–Crippen MR) is 100 cm³/mol. The van der Waals surface area contributed by atoms with Crippen molar-refractivity contribution in [2.24, 2.45) is 0 Å². The van der Waals surface area contributed by atoms with Crippen LogP contribution in [0.5, 0.6) is 0 Å². The Labute approximate surface area is 145 Å². The Morgan fingerprint density at radius 1 is 0.625 bits per heavy atom. The summed E-state index contributed by atoms with van der Waals surface area (Å²) in [5, 5.41) is 0.902. The number of aromatic amines is 1. The highest BCUT2D eigenvalue weighted by Crippen LogP contribution is 2.34. The molecule has 116 valence electrons. The van der Waals surface area contributed by atoms with Crippen LogP contribution in [0.4, 0.5) is 0 Å². The third-order valence-electron chi connectivity index (χ3n) is 3.75. The second-order valence-corrected chi connectivity index (χ2v) is 6.47. The summed E-state index contributed by atoms with van der Waals surface area (Å²) in [6, 6.07) is 31.0. The van der Waals surface area contributed by atoms with Crippen molar-refractivity contribution >= 4 is 11.8 Å². The molecule has 0 atom stereocenters. The first-order valence-electron chi connectivity index (χ1n) is 7.84. The van der Waals surface area contributed by atoms with E-state index < -0.39 is 0 Å². The number of H-pyrrole nitrogens is 1. The molecule has 1 aromatic heterocycles. The zero-order valence-electron chi connectivity index (χ0n) is 13.0. The van der Waals surface area contributed by atoms with E-state index in [9.17, 15) is 0 Å². The Morgan fingerprint density at radius 3 is 1.79 bits per heavy atom. The van der Waals surface area contributed by atoms with Gasteiger partial charge in [0.2, 0.25) is 0 Å². The molecule has 3 aromatic carbocycles. The average Bonchev–Trinajstić information content (AvgIpc) is 3.08. The highest BCUT2D eigenvalue weighted by atomic mass is 32.2. The molecule has 4 aromatic rings. The monoisotopic (exact) mass is 328 g/mol. The van der Waals surface area contributed by atoms with E-state index in [-0.39, 0.29) is 0 Å². The van der Waals surface area contributed by atoms with Gasteiger partial charge in [0.1, 0.15) is 0 Å². The van der Waals surface area contributed by atoms with Crippen molar-refractivity contribution < 1.29 is 0 Å². The van der Waals surface area contributed by atoms with Gasteiger partial charge in [-0.3, -0.25) is 0 Å². The Balaban J connectivity index is 1.79. The van der Waals surface area contributed by atoms with Crippen molar-refractivity contribution in [3.8, 4) is 22.5 Å².